The lowest BCUT2D eigenvalue weighted by molar-refractivity contribution is -0.134. The van der Waals surface area contributed by atoms with Crippen LogP contribution in [0.1, 0.15) is 80.0 Å². The topological polar surface area (TPSA) is 122 Å². The number of carbonyl (C=O) groups excluding carboxylic acids is 2. The minimum absolute atomic E-state index is 0.0138. The molecule has 4 heterocycles. The Bertz CT molecular complexity index is 1310. The number of piperazine rings is 1. The number of thiazole rings is 1. The van der Waals surface area contributed by atoms with Crippen LogP contribution in [0.2, 0.25) is 18.1 Å². The largest absolute Gasteiger partial charge is 0.478 e. The number of carbonyl (C=O) groups is 3. The average Bonchev–Trinajstić information content (AvgIpc) is 3.49. The fourth-order valence-corrected chi connectivity index (χ4v) is 8.02. The van der Waals surface area contributed by atoms with Crippen LogP contribution < -0.4 is 4.90 Å². The molecular weight excluding hydrogens is 601 g/mol. The van der Waals surface area contributed by atoms with E-state index in [-0.39, 0.29) is 36.2 Å². The zero-order valence-electron chi connectivity index (χ0n) is 28.1. The molecule has 4 rings (SSSR count). The van der Waals surface area contributed by atoms with Gasteiger partial charge in [0.1, 0.15) is 11.2 Å². The van der Waals surface area contributed by atoms with E-state index in [0.29, 0.717) is 5.57 Å². The molecule has 1 aromatic heterocycles. The SMILES string of the molecule is CC(C)(C)OC(=O)N1C[C@H]2CC(c3cnc(N4CC[C@H](O[Si](C)(C)C(C)(C)C)C4)s3)=C(C(=O)O)[C@@H](C1)N2C(=O)OC(C)(C)C. The zero-order valence-corrected chi connectivity index (χ0v) is 30.0. The van der Waals surface area contributed by atoms with Crippen molar-refractivity contribution < 1.29 is 33.4 Å². The van der Waals surface area contributed by atoms with Crippen LogP contribution >= 0.6 is 11.3 Å². The molecule has 1 aromatic rings. The molecule has 3 aliphatic heterocycles. The predicted octanol–water partition coefficient (Wildman–Crippen LogP) is 6.21. The smallest absolute Gasteiger partial charge is 0.411 e. The molecule has 44 heavy (non-hydrogen) atoms. The lowest BCUT2D eigenvalue weighted by atomic mass is 9.84. The maximum atomic E-state index is 13.4. The van der Waals surface area contributed by atoms with Crippen molar-refractivity contribution in [3.63, 3.8) is 0 Å². The average molecular weight is 651 g/mol. The minimum atomic E-state index is -1.91. The first-order valence-corrected chi connectivity index (χ1v) is 19.1. The minimum Gasteiger partial charge on any atom is -0.478 e. The number of anilines is 1. The summed E-state index contributed by atoms with van der Waals surface area (Å²) in [6.07, 6.45) is 1.91. The van der Waals surface area contributed by atoms with Crippen molar-refractivity contribution in [2.75, 3.05) is 31.1 Å². The van der Waals surface area contributed by atoms with E-state index in [2.05, 4.69) is 38.8 Å². The molecule has 0 spiro atoms. The Kier molecular flexibility index (Phi) is 9.29. The molecule has 1 N–H and O–H groups in total. The summed E-state index contributed by atoms with van der Waals surface area (Å²) >= 11 is 1.47. The molecule has 0 aromatic carbocycles. The summed E-state index contributed by atoms with van der Waals surface area (Å²) in [4.78, 5) is 50.1. The van der Waals surface area contributed by atoms with Gasteiger partial charge in [-0.05, 0) is 78.1 Å². The third-order valence-electron chi connectivity index (χ3n) is 8.61. The summed E-state index contributed by atoms with van der Waals surface area (Å²) in [5, 5.41) is 11.5. The number of carboxylic acid groups (broad SMARTS) is 1. The number of carboxylic acids is 1. The molecule has 0 radical (unpaired) electrons. The van der Waals surface area contributed by atoms with Gasteiger partial charge in [0.25, 0.3) is 0 Å². The Balaban J connectivity index is 1.63. The second-order valence-electron chi connectivity index (χ2n) is 15.6. The van der Waals surface area contributed by atoms with Gasteiger partial charge in [0.15, 0.2) is 13.4 Å². The van der Waals surface area contributed by atoms with Gasteiger partial charge < -0.3 is 28.8 Å². The van der Waals surface area contributed by atoms with Crippen LogP contribution in [0.15, 0.2) is 11.8 Å². The fourth-order valence-electron chi connectivity index (χ4n) is 5.62. The van der Waals surface area contributed by atoms with Gasteiger partial charge in [0.2, 0.25) is 0 Å². The number of amides is 2. The Morgan fingerprint density at radius 3 is 2.14 bits per heavy atom. The van der Waals surface area contributed by atoms with Crippen molar-refractivity contribution in [3.05, 3.63) is 16.6 Å². The van der Waals surface area contributed by atoms with Crippen LogP contribution in [0.5, 0.6) is 0 Å². The number of ether oxygens (including phenoxy) is 2. The molecule has 13 heteroatoms. The predicted molar refractivity (Wildman–Crippen MR) is 174 cm³/mol. The summed E-state index contributed by atoms with van der Waals surface area (Å²) in [5.74, 6) is -1.14. The second-order valence-corrected chi connectivity index (χ2v) is 21.4. The summed E-state index contributed by atoms with van der Waals surface area (Å²) in [6.45, 7) is 23.7. The number of aromatic nitrogens is 1. The zero-order chi connectivity index (χ0) is 33.0. The standard InChI is InChI=1S/C31H50N4O7SSi/c1-29(2,3)40-27(38)34-16-19-14-21(24(25(36)37)22(18-34)35(19)28(39)41-30(4,5)6)23-15-32-26(43-23)33-13-12-20(17-33)42-44(10,11)31(7,8)9/h15,19-20,22H,12-14,16-18H2,1-11H3,(H,36,37)/t19-,20+,22-/m1/s1. The van der Waals surface area contributed by atoms with Crippen molar-refractivity contribution >= 4 is 48.5 Å². The Morgan fingerprint density at radius 2 is 1.57 bits per heavy atom. The molecule has 0 aliphatic carbocycles. The Morgan fingerprint density at radius 1 is 0.955 bits per heavy atom. The fraction of sp³-hybridized carbons (Fsp3) is 0.742. The Hall–Kier alpha value is -2.64. The van der Waals surface area contributed by atoms with Crippen molar-refractivity contribution in [1.82, 2.24) is 14.8 Å². The van der Waals surface area contributed by atoms with Crippen LogP contribution in [0.4, 0.5) is 14.7 Å². The molecule has 3 atom stereocenters. The lowest BCUT2D eigenvalue weighted by Gasteiger charge is -2.50. The van der Waals surface area contributed by atoms with E-state index in [0.717, 1.165) is 29.5 Å². The summed E-state index contributed by atoms with van der Waals surface area (Å²) in [5.41, 5.74) is -0.753. The second kappa shape index (κ2) is 11.9. The maximum Gasteiger partial charge on any atom is 0.411 e. The molecule has 2 bridgehead atoms. The maximum absolute atomic E-state index is 13.4. The van der Waals surface area contributed by atoms with Gasteiger partial charge in [0.05, 0.1) is 28.6 Å². The van der Waals surface area contributed by atoms with E-state index in [9.17, 15) is 19.5 Å². The van der Waals surface area contributed by atoms with Gasteiger partial charge in [-0.25, -0.2) is 19.4 Å². The normalized spacial score (nSPS) is 23.2. The third-order valence-corrected chi connectivity index (χ3v) is 14.3. The van der Waals surface area contributed by atoms with Gasteiger partial charge in [-0.15, -0.1) is 0 Å². The van der Waals surface area contributed by atoms with Gasteiger partial charge in [-0.2, -0.15) is 0 Å². The quantitative estimate of drug-likeness (QED) is 0.371. The van der Waals surface area contributed by atoms with E-state index in [4.69, 9.17) is 18.9 Å². The molecule has 11 nitrogen and oxygen atoms in total. The molecule has 0 saturated carbocycles. The summed E-state index contributed by atoms with van der Waals surface area (Å²) in [6, 6.07) is -1.40. The van der Waals surface area contributed by atoms with E-state index >= 15 is 0 Å². The van der Waals surface area contributed by atoms with Crippen molar-refractivity contribution in [3.8, 4) is 0 Å². The van der Waals surface area contributed by atoms with Crippen LogP contribution in [-0.4, -0.2) is 102 Å². The van der Waals surface area contributed by atoms with Gasteiger partial charge in [-0.1, -0.05) is 32.1 Å². The monoisotopic (exact) mass is 650 g/mol. The van der Waals surface area contributed by atoms with Gasteiger partial charge in [-0.3, -0.25) is 4.90 Å². The van der Waals surface area contributed by atoms with E-state index in [1.807, 2.05) is 0 Å². The molecule has 3 aliphatic rings. The summed E-state index contributed by atoms with van der Waals surface area (Å²) in [7, 11) is -1.91. The van der Waals surface area contributed by atoms with E-state index in [1.165, 1.54) is 21.1 Å². The third kappa shape index (κ3) is 7.59. The van der Waals surface area contributed by atoms with Gasteiger partial charge in [0, 0.05) is 32.4 Å². The van der Waals surface area contributed by atoms with Crippen LogP contribution in [0.3, 0.4) is 0 Å². The van der Waals surface area contributed by atoms with Crippen molar-refractivity contribution in [2.24, 2.45) is 0 Å². The first-order valence-electron chi connectivity index (χ1n) is 15.4. The molecule has 0 unspecified atom stereocenters. The number of fused-ring (bicyclic) bond motifs is 2. The van der Waals surface area contributed by atoms with E-state index < -0.39 is 49.8 Å². The molecule has 2 saturated heterocycles. The highest BCUT2D eigenvalue weighted by atomic mass is 32.1. The van der Waals surface area contributed by atoms with Gasteiger partial charge >= 0.3 is 18.2 Å². The molecular formula is C31H50N4O7SSi. The van der Waals surface area contributed by atoms with Crippen molar-refractivity contribution in [1.29, 1.82) is 0 Å². The van der Waals surface area contributed by atoms with Crippen LogP contribution in [0, 0.1) is 0 Å². The van der Waals surface area contributed by atoms with Crippen LogP contribution in [-0.2, 0) is 18.7 Å². The number of rotatable bonds is 5. The number of nitrogens with zero attached hydrogens (tertiary/aromatic N) is 4. The highest BCUT2D eigenvalue weighted by molar-refractivity contribution is 7.16. The molecule has 2 amide bonds. The first kappa shape index (κ1) is 34.2. The number of hydrogen-bond acceptors (Lipinski definition) is 9. The Labute approximate surface area is 266 Å². The first-order chi connectivity index (χ1) is 20.1. The molecule has 2 fully saturated rings. The lowest BCUT2D eigenvalue weighted by Crippen LogP contribution is -2.65. The highest BCUT2D eigenvalue weighted by Gasteiger charge is 2.50. The number of aliphatic carboxylic acids is 1. The molecule has 246 valence electrons. The van der Waals surface area contributed by atoms with Crippen molar-refractivity contribution in [2.45, 2.75) is 123 Å². The highest BCUT2D eigenvalue weighted by Crippen LogP contribution is 2.43. The van der Waals surface area contributed by atoms with E-state index in [1.54, 1.807) is 47.7 Å². The summed E-state index contributed by atoms with van der Waals surface area (Å²) < 4.78 is 18.0. The van der Waals surface area contributed by atoms with Crippen LogP contribution in [0.25, 0.3) is 5.57 Å². The number of hydrogen-bond donors (Lipinski definition) is 1.